The van der Waals surface area contributed by atoms with Crippen molar-refractivity contribution in [1.82, 2.24) is 0 Å². The van der Waals surface area contributed by atoms with Gasteiger partial charge in [0.25, 0.3) is 0 Å². The summed E-state index contributed by atoms with van der Waals surface area (Å²) in [6.07, 6.45) is -1.88. The molecule has 1 aliphatic carbocycles. The molecule has 1 aromatic carbocycles. The van der Waals surface area contributed by atoms with Crippen LogP contribution in [0.4, 0.5) is 4.79 Å². The number of aliphatic hydroxyl groups excluding tert-OH is 1. The molecule has 0 radical (unpaired) electrons. The Morgan fingerprint density at radius 2 is 1.61 bits per heavy atom. The van der Waals surface area contributed by atoms with E-state index in [-0.39, 0.29) is 6.61 Å². The van der Waals surface area contributed by atoms with Crippen molar-refractivity contribution in [3.63, 3.8) is 0 Å². The molecule has 2 rings (SSSR count). The van der Waals surface area contributed by atoms with Gasteiger partial charge in [-0.15, -0.1) is 0 Å². The van der Waals surface area contributed by atoms with Gasteiger partial charge in [-0.05, 0) is 45.1 Å². The van der Waals surface area contributed by atoms with Crippen molar-refractivity contribution >= 4 is 18.1 Å². The second-order valence-electron chi connectivity index (χ2n) is 6.70. The molecule has 1 aromatic rings. The summed E-state index contributed by atoms with van der Waals surface area (Å²) < 4.78 is 20.7. The highest BCUT2D eigenvalue weighted by atomic mass is 16.7. The highest BCUT2D eigenvalue weighted by Crippen LogP contribution is 2.25. The first-order chi connectivity index (χ1) is 13.4. The molecule has 8 nitrogen and oxygen atoms in total. The molecule has 154 valence electrons. The van der Waals surface area contributed by atoms with Gasteiger partial charge in [-0.2, -0.15) is 0 Å². The summed E-state index contributed by atoms with van der Waals surface area (Å²) in [7, 11) is 0. The summed E-state index contributed by atoms with van der Waals surface area (Å²) >= 11 is 0. The summed E-state index contributed by atoms with van der Waals surface area (Å²) in [6, 6.07) is 9.20. The summed E-state index contributed by atoms with van der Waals surface area (Å²) in [4.78, 5) is 35.5. The van der Waals surface area contributed by atoms with Crippen LogP contribution in [0.3, 0.4) is 0 Å². The lowest BCUT2D eigenvalue weighted by Gasteiger charge is -2.31. The number of hydrogen-bond acceptors (Lipinski definition) is 8. The average molecular weight is 394 g/mol. The Morgan fingerprint density at radius 3 is 2.21 bits per heavy atom. The smallest absolute Gasteiger partial charge is 0.456 e. The van der Waals surface area contributed by atoms with Gasteiger partial charge < -0.3 is 24.1 Å². The average Bonchev–Trinajstić information content (AvgIpc) is 2.68. The molecule has 1 saturated carbocycles. The zero-order valence-corrected chi connectivity index (χ0v) is 16.0. The molecule has 0 bridgehead atoms. The fourth-order valence-electron chi connectivity index (χ4n) is 2.77. The lowest BCUT2D eigenvalue weighted by molar-refractivity contribution is -0.179. The Kier molecular flexibility index (Phi) is 8.25. The molecule has 28 heavy (non-hydrogen) atoms. The summed E-state index contributed by atoms with van der Waals surface area (Å²) in [6.45, 7) is 2.69. The monoisotopic (exact) mass is 394 g/mol. The Balaban J connectivity index is 1.84. The molecule has 1 aliphatic rings. The Bertz CT molecular complexity index is 657. The van der Waals surface area contributed by atoms with Crippen LogP contribution < -0.4 is 0 Å². The molecule has 0 aromatic heterocycles. The molecule has 1 fully saturated rings. The number of esters is 2. The predicted molar refractivity (Wildman–Crippen MR) is 97.1 cm³/mol. The minimum absolute atomic E-state index is 0.0865. The summed E-state index contributed by atoms with van der Waals surface area (Å²) in [5.74, 6) is -1.67. The van der Waals surface area contributed by atoms with Crippen LogP contribution in [0.2, 0.25) is 0 Å². The zero-order chi connectivity index (χ0) is 20.5. The van der Waals surface area contributed by atoms with Crippen molar-refractivity contribution in [2.45, 2.75) is 70.6 Å². The topological polar surface area (TPSA) is 108 Å². The molecule has 0 amide bonds. The van der Waals surface area contributed by atoms with Gasteiger partial charge in [0.05, 0.1) is 0 Å². The summed E-state index contributed by atoms with van der Waals surface area (Å²) in [5.41, 5.74) is 0.833. The summed E-state index contributed by atoms with van der Waals surface area (Å²) in [5, 5.41) is 9.15. The van der Waals surface area contributed by atoms with Crippen LogP contribution in [-0.4, -0.2) is 47.6 Å². The minimum atomic E-state index is -1.33. The van der Waals surface area contributed by atoms with Crippen LogP contribution in [-0.2, 0) is 35.1 Å². The van der Waals surface area contributed by atoms with Gasteiger partial charge in [0.1, 0.15) is 24.9 Å². The fraction of sp³-hybridized carbons (Fsp3) is 0.550. The SMILES string of the molecule is C[C@H](O)C(=O)O[C@@H](C)C(=O)O[C@H]1CCCC[C@@H]1OC(=O)OCc1ccccc1. The number of ether oxygens (including phenoxy) is 4. The quantitative estimate of drug-likeness (QED) is 0.555. The van der Waals surface area contributed by atoms with E-state index in [1.54, 1.807) is 0 Å². The van der Waals surface area contributed by atoms with Crippen molar-refractivity contribution < 1.29 is 38.4 Å². The van der Waals surface area contributed by atoms with Gasteiger partial charge in [-0.1, -0.05) is 30.3 Å². The zero-order valence-electron chi connectivity index (χ0n) is 16.0. The van der Waals surface area contributed by atoms with Crippen LogP contribution in [0.5, 0.6) is 0 Å². The molecular formula is C20H26O8. The standard InChI is InChI=1S/C20H26O8/c1-13(21)18(22)26-14(2)19(23)27-16-10-6-7-11-17(16)28-20(24)25-12-15-8-4-3-5-9-15/h3-5,8-9,13-14,16-17,21H,6-7,10-12H2,1-2H3/t13-,14-,16-,17-/m0/s1. The third-order valence-electron chi connectivity index (χ3n) is 4.32. The van der Waals surface area contributed by atoms with Crippen LogP contribution in [0.25, 0.3) is 0 Å². The Hall–Kier alpha value is -2.61. The third kappa shape index (κ3) is 6.84. The van der Waals surface area contributed by atoms with Crippen LogP contribution in [0.1, 0.15) is 45.1 Å². The normalized spacial score (nSPS) is 21.1. The van der Waals surface area contributed by atoms with Gasteiger partial charge in [0.15, 0.2) is 6.10 Å². The highest BCUT2D eigenvalue weighted by Gasteiger charge is 2.34. The number of rotatable bonds is 7. The molecule has 8 heteroatoms. The van der Waals surface area contributed by atoms with Gasteiger partial charge in [0.2, 0.25) is 0 Å². The third-order valence-corrected chi connectivity index (χ3v) is 4.32. The lowest BCUT2D eigenvalue weighted by Crippen LogP contribution is -2.41. The van der Waals surface area contributed by atoms with Gasteiger partial charge >= 0.3 is 18.1 Å². The highest BCUT2D eigenvalue weighted by molar-refractivity contribution is 5.80. The second-order valence-corrected chi connectivity index (χ2v) is 6.70. The van der Waals surface area contributed by atoms with Crippen LogP contribution in [0.15, 0.2) is 30.3 Å². The number of aliphatic hydroxyl groups is 1. The van der Waals surface area contributed by atoms with E-state index in [9.17, 15) is 14.4 Å². The number of carbonyl (C=O) groups excluding carboxylic acids is 3. The van der Waals surface area contributed by atoms with E-state index in [2.05, 4.69) is 0 Å². The minimum Gasteiger partial charge on any atom is -0.456 e. The van der Waals surface area contributed by atoms with E-state index < -0.39 is 42.5 Å². The predicted octanol–water partition coefficient (Wildman–Crippen LogP) is 2.51. The first kappa shape index (κ1) is 21.7. The second kappa shape index (κ2) is 10.7. The lowest BCUT2D eigenvalue weighted by atomic mass is 9.94. The van der Waals surface area contributed by atoms with E-state index in [4.69, 9.17) is 24.1 Å². The number of carbonyl (C=O) groups is 3. The molecular weight excluding hydrogens is 368 g/mol. The van der Waals surface area contributed by atoms with Gasteiger partial charge in [0, 0.05) is 0 Å². The molecule has 0 saturated heterocycles. The van der Waals surface area contributed by atoms with E-state index in [0.717, 1.165) is 18.4 Å². The maximum absolute atomic E-state index is 12.2. The Labute approximate surface area is 163 Å². The van der Waals surface area contributed by atoms with Crippen molar-refractivity contribution in [3.8, 4) is 0 Å². The van der Waals surface area contributed by atoms with E-state index >= 15 is 0 Å². The van der Waals surface area contributed by atoms with Crippen molar-refractivity contribution in [1.29, 1.82) is 0 Å². The van der Waals surface area contributed by atoms with Crippen molar-refractivity contribution in [2.75, 3.05) is 0 Å². The van der Waals surface area contributed by atoms with E-state index in [1.165, 1.54) is 13.8 Å². The van der Waals surface area contributed by atoms with Gasteiger partial charge in [-0.25, -0.2) is 14.4 Å². The first-order valence-corrected chi connectivity index (χ1v) is 9.33. The maximum atomic E-state index is 12.2. The first-order valence-electron chi connectivity index (χ1n) is 9.33. The number of hydrogen-bond donors (Lipinski definition) is 1. The number of benzene rings is 1. The molecule has 0 spiro atoms. The molecule has 0 unspecified atom stereocenters. The van der Waals surface area contributed by atoms with Crippen molar-refractivity contribution in [3.05, 3.63) is 35.9 Å². The molecule has 4 atom stereocenters. The Morgan fingerprint density at radius 1 is 1.00 bits per heavy atom. The molecule has 0 heterocycles. The van der Waals surface area contributed by atoms with Crippen LogP contribution in [0, 0.1) is 0 Å². The molecule has 1 N–H and O–H groups in total. The van der Waals surface area contributed by atoms with Gasteiger partial charge in [-0.3, -0.25) is 0 Å². The van der Waals surface area contributed by atoms with E-state index in [0.29, 0.717) is 12.8 Å². The molecule has 0 aliphatic heterocycles. The fourth-order valence-corrected chi connectivity index (χ4v) is 2.77. The van der Waals surface area contributed by atoms with Crippen LogP contribution >= 0.6 is 0 Å². The largest absolute Gasteiger partial charge is 0.509 e. The maximum Gasteiger partial charge on any atom is 0.509 e. The van der Waals surface area contributed by atoms with Crippen molar-refractivity contribution in [2.24, 2.45) is 0 Å². The van der Waals surface area contributed by atoms with E-state index in [1.807, 2.05) is 30.3 Å².